The molecule has 0 bridgehead atoms. The number of epoxide rings is 1. The van der Waals surface area contributed by atoms with Crippen molar-refractivity contribution in [2.75, 3.05) is 0 Å². The fourth-order valence-electron chi connectivity index (χ4n) is 7.29. The van der Waals surface area contributed by atoms with Crippen LogP contribution in [-0.2, 0) is 52.4 Å². The second-order valence-electron chi connectivity index (χ2n) is 11.9. The van der Waals surface area contributed by atoms with Gasteiger partial charge < -0.3 is 33.5 Å². The summed E-state index contributed by atoms with van der Waals surface area (Å²) in [5.74, 6) is -4.64. The van der Waals surface area contributed by atoms with E-state index in [0.29, 0.717) is 6.42 Å². The lowest BCUT2D eigenvalue weighted by Crippen LogP contribution is -2.72. The first-order chi connectivity index (χ1) is 18.4. The maximum absolute atomic E-state index is 13.1. The lowest BCUT2D eigenvalue weighted by Gasteiger charge is -2.59. The van der Waals surface area contributed by atoms with Gasteiger partial charge in [-0.2, -0.15) is 0 Å². The Balaban J connectivity index is 2.06. The number of fused-ring (bicyclic) bond motifs is 1. The topological polar surface area (TPSA) is 164 Å². The predicted molar refractivity (Wildman–Crippen MR) is 134 cm³/mol. The molecule has 12 nitrogen and oxygen atoms in total. The van der Waals surface area contributed by atoms with Crippen molar-refractivity contribution in [3.63, 3.8) is 0 Å². The maximum Gasteiger partial charge on any atom is 0.342 e. The summed E-state index contributed by atoms with van der Waals surface area (Å²) in [5, 5.41) is 12.3. The molecular weight excluding hydrogens is 528 g/mol. The van der Waals surface area contributed by atoms with Gasteiger partial charge in [0.1, 0.15) is 30.0 Å². The second kappa shape index (κ2) is 9.83. The summed E-state index contributed by atoms with van der Waals surface area (Å²) in [6.45, 7) is 11.2. The predicted octanol–water partition coefficient (Wildman–Crippen LogP) is 1.68. The second-order valence-corrected chi connectivity index (χ2v) is 11.9. The van der Waals surface area contributed by atoms with E-state index in [0.717, 1.165) is 5.57 Å². The monoisotopic (exact) mass is 566 g/mol. The van der Waals surface area contributed by atoms with Crippen LogP contribution in [0.4, 0.5) is 0 Å². The first-order valence-electron chi connectivity index (χ1n) is 13.4. The van der Waals surface area contributed by atoms with Crippen LogP contribution in [0.1, 0.15) is 74.7 Å². The molecule has 12 heteroatoms. The molecule has 0 radical (unpaired) electrons. The zero-order valence-electron chi connectivity index (χ0n) is 24.1. The quantitative estimate of drug-likeness (QED) is 0.227. The third-order valence-electron chi connectivity index (χ3n) is 9.07. The van der Waals surface area contributed by atoms with Gasteiger partial charge in [0, 0.05) is 40.0 Å². The molecule has 4 aliphatic rings. The molecule has 1 N–H and O–H groups in total. The average Bonchev–Trinajstić information content (AvgIpc) is 3.39. The first kappa shape index (κ1) is 30.0. The van der Waals surface area contributed by atoms with Gasteiger partial charge in [-0.15, -0.1) is 0 Å². The third kappa shape index (κ3) is 4.49. The van der Waals surface area contributed by atoms with E-state index >= 15 is 0 Å². The highest BCUT2D eigenvalue weighted by atomic mass is 16.7. The fraction of sp³-hybridized carbons (Fsp3) is 0.750. The Labute approximate surface area is 232 Å². The minimum absolute atomic E-state index is 0.136. The molecule has 0 aromatic rings. The molecule has 2 aliphatic heterocycles. The highest BCUT2D eigenvalue weighted by molar-refractivity contribution is 5.89. The van der Waals surface area contributed by atoms with Gasteiger partial charge in [0.25, 0.3) is 0 Å². The minimum Gasteiger partial charge on any atom is -0.462 e. The summed E-state index contributed by atoms with van der Waals surface area (Å²) in [6, 6.07) is 0. The molecule has 10 atom stereocenters. The fourth-order valence-corrected chi connectivity index (χ4v) is 7.29. The minimum atomic E-state index is -1.97. The van der Waals surface area contributed by atoms with Crippen molar-refractivity contribution in [2.24, 2.45) is 11.3 Å². The van der Waals surface area contributed by atoms with Crippen LogP contribution in [0.25, 0.3) is 0 Å². The number of carbonyl (C=O) groups is 5. The van der Waals surface area contributed by atoms with E-state index in [1.807, 2.05) is 6.92 Å². The van der Waals surface area contributed by atoms with E-state index in [4.69, 9.17) is 28.4 Å². The van der Waals surface area contributed by atoms with E-state index in [2.05, 4.69) is 0 Å². The highest BCUT2D eigenvalue weighted by Crippen LogP contribution is 2.66. The molecule has 2 heterocycles. The van der Waals surface area contributed by atoms with Crippen molar-refractivity contribution in [1.29, 1.82) is 0 Å². The molecular formula is C28H38O12. The Morgan fingerprint density at radius 1 is 0.875 bits per heavy atom. The number of carbonyl (C=O) groups excluding carboxylic acids is 5. The maximum atomic E-state index is 13.1. The van der Waals surface area contributed by atoms with Gasteiger partial charge in [-0.25, -0.2) is 4.79 Å². The van der Waals surface area contributed by atoms with Crippen molar-refractivity contribution in [2.45, 2.75) is 122 Å². The molecule has 1 spiro atoms. The van der Waals surface area contributed by atoms with Crippen LogP contribution < -0.4 is 0 Å². The zero-order chi connectivity index (χ0) is 30.0. The molecule has 0 unspecified atom stereocenters. The van der Waals surface area contributed by atoms with Gasteiger partial charge in [0.2, 0.25) is 0 Å². The third-order valence-corrected chi connectivity index (χ3v) is 9.07. The Bertz CT molecular complexity index is 1160. The standard InChI is InChI=1S/C28H38O12/c1-13-9-10-18(35-14(2)29)25(6)19(36-15(3)30)12-20(37-16(4)31)26(7,34)22(25)23(38-17(5)32)28-21(11-13)39-24(33)27(28,8)40-28/h11,18-23,34H,9-10,12H2,1-8H3/b13-11-/t18-,19-,20+,21-,22+,23-,25-,26-,27-,28-/m0/s1. The number of allylic oxidation sites excluding steroid dienone is 1. The summed E-state index contributed by atoms with van der Waals surface area (Å²) >= 11 is 0. The average molecular weight is 567 g/mol. The first-order valence-corrected chi connectivity index (χ1v) is 13.4. The van der Waals surface area contributed by atoms with E-state index in [1.165, 1.54) is 41.5 Å². The Morgan fingerprint density at radius 3 is 1.93 bits per heavy atom. The Hall–Kier alpha value is -2.99. The van der Waals surface area contributed by atoms with Gasteiger partial charge in [-0.3, -0.25) is 19.2 Å². The van der Waals surface area contributed by atoms with Crippen LogP contribution in [0.15, 0.2) is 11.6 Å². The van der Waals surface area contributed by atoms with Crippen LogP contribution in [0.5, 0.6) is 0 Å². The largest absolute Gasteiger partial charge is 0.462 e. The lowest BCUT2D eigenvalue weighted by atomic mass is 9.51. The van der Waals surface area contributed by atoms with Crippen molar-refractivity contribution in [3.05, 3.63) is 11.6 Å². The van der Waals surface area contributed by atoms with Crippen LogP contribution >= 0.6 is 0 Å². The molecule has 3 fully saturated rings. The van der Waals surface area contributed by atoms with Gasteiger partial charge >= 0.3 is 29.8 Å². The molecule has 40 heavy (non-hydrogen) atoms. The molecule has 1 saturated carbocycles. The molecule has 0 amide bonds. The van der Waals surface area contributed by atoms with Crippen molar-refractivity contribution in [3.8, 4) is 0 Å². The number of esters is 5. The molecule has 2 saturated heterocycles. The summed E-state index contributed by atoms with van der Waals surface area (Å²) in [7, 11) is 0. The van der Waals surface area contributed by atoms with E-state index in [1.54, 1.807) is 13.0 Å². The SMILES string of the molecule is CC(=O)O[C@H]1CC/C(C)=C\[C@@H]2OC(=O)[C@]3(C)O[C@]23[C@@H](OC(C)=O)[C@H]2[C@@](C)(O)[C@H](OC(C)=O)C[C@H](OC(C)=O)[C@]12C. The van der Waals surface area contributed by atoms with Crippen LogP contribution in [0, 0.1) is 11.3 Å². The molecule has 4 rings (SSSR count). The van der Waals surface area contributed by atoms with Gasteiger partial charge in [-0.1, -0.05) is 12.5 Å². The van der Waals surface area contributed by atoms with Gasteiger partial charge in [0.05, 0.1) is 5.41 Å². The number of hydrogen-bond acceptors (Lipinski definition) is 12. The van der Waals surface area contributed by atoms with Crippen molar-refractivity contribution >= 4 is 29.8 Å². The summed E-state index contributed by atoms with van der Waals surface area (Å²) < 4.78 is 35.0. The smallest absolute Gasteiger partial charge is 0.342 e. The molecule has 0 aromatic heterocycles. The van der Waals surface area contributed by atoms with Crippen molar-refractivity contribution < 1.29 is 57.5 Å². The summed E-state index contributed by atoms with van der Waals surface area (Å²) in [6.07, 6.45) is -3.47. The van der Waals surface area contributed by atoms with Gasteiger partial charge in [0.15, 0.2) is 17.3 Å². The lowest BCUT2D eigenvalue weighted by molar-refractivity contribution is -0.276. The van der Waals surface area contributed by atoms with Crippen molar-refractivity contribution in [1.82, 2.24) is 0 Å². The number of hydrogen-bond donors (Lipinski definition) is 1. The molecule has 2 aliphatic carbocycles. The summed E-state index contributed by atoms with van der Waals surface area (Å²) in [5.41, 5.74) is -5.72. The number of aliphatic hydroxyl groups is 1. The molecule has 222 valence electrons. The van der Waals surface area contributed by atoms with Crippen LogP contribution in [0.2, 0.25) is 0 Å². The van der Waals surface area contributed by atoms with Crippen LogP contribution in [0.3, 0.4) is 0 Å². The Morgan fingerprint density at radius 2 is 1.40 bits per heavy atom. The van der Waals surface area contributed by atoms with Crippen LogP contribution in [-0.4, -0.2) is 82.3 Å². The molecule has 0 aromatic carbocycles. The number of ether oxygens (including phenoxy) is 6. The highest BCUT2D eigenvalue weighted by Gasteiger charge is 2.88. The van der Waals surface area contributed by atoms with E-state index in [9.17, 15) is 29.1 Å². The van der Waals surface area contributed by atoms with E-state index < -0.39 is 88.5 Å². The summed E-state index contributed by atoms with van der Waals surface area (Å²) in [4.78, 5) is 62.7. The zero-order valence-corrected chi connectivity index (χ0v) is 24.1. The van der Waals surface area contributed by atoms with E-state index in [-0.39, 0.29) is 12.8 Å². The number of rotatable bonds is 4. The van der Waals surface area contributed by atoms with Gasteiger partial charge in [-0.05, 0) is 39.7 Å². The Kier molecular flexibility index (Phi) is 7.37. The normalized spacial score (nSPS) is 45.2.